The van der Waals surface area contributed by atoms with Crippen molar-refractivity contribution in [3.63, 3.8) is 0 Å². The van der Waals surface area contributed by atoms with Gasteiger partial charge in [-0.3, -0.25) is 14.3 Å². The van der Waals surface area contributed by atoms with Gasteiger partial charge in [-0.1, -0.05) is 12.1 Å². The fourth-order valence-corrected chi connectivity index (χ4v) is 2.60. The van der Waals surface area contributed by atoms with Crippen molar-refractivity contribution < 1.29 is 4.79 Å². The van der Waals surface area contributed by atoms with E-state index in [2.05, 4.69) is 15.1 Å². The van der Waals surface area contributed by atoms with E-state index in [0.29, 0.717) is 22.4 Å². The number of nitrogens with one attached hydrogen (secondary N) is 1. The van der Waals surface area contributed by atoms with Crippen molar-refractivity contribution in [2.24, 2.45) is 0 Å². The number of rotatable bonds is 4. The van der Waals surface area contributed by atoms with Crippen LogP contribution in [0.4, 0.5) is 0 Å². The van der Waals surface area contributed by atoms with Gasteiger partial charge in [-0.25, -0.2) is 4.98 Å². The first-order valence-corrected chi connectivity index (χ1v) is 7.74. The minimum Gasteiger partial charge on any atom is -0.333 e. The lowest BCUT2D eigenvalue weighted by atomic mass is 10.2. The van der Waals surface area contributed by atoms with Crippen LogP contribution in [0.1, 0.15) is 36.2 Å². The summed E-state index contributed by atoms with van der Waals surface area (Å²) in [4.78, 5) is 33.4. The molecule has 7 nitrogen and oxygen atoms in total. The molecule has 3 rings (SSSR count). The Morgan fingerprint density at radius 3 is 2.79 bits per heavy atom. The van der Waals surface area contributed by atoms with Crippen LogP contribution < -0.4 is 5.56 Å². The average molecular weight is 325 g/mol. The molecule has 1 N–H and O–H groups in total. The number of fused-ring (bicyclic) bond motifs is 1. The number of hydrogen-bond acceptors (Lipinski definition) is 4. The summed E-state index contributed by atoms with van der Waals surface area (Å²) in [5, 5.41) is 4.71. The second-order valence-corrected chi connectivity index (χ2v) is 5.95. The first-order chi connectivity index (χ1) is 11.5. The van der Waals surface area contributed by atoms with Crippen LogP contribution in [0.2, 0.25) is 0 Å². The Kier molecular flexibility index (Phi) is 4.16. The molecule has 7 heteroatoms. The number of nitrogens with zero attached hydrogens (tertiary/aromatic N) is 4. The highest BCUT2D eigenvalue weighted by molar-refractivity contribution is 5.92. The molecule has 0 atom stereocenters. The Morgan fingerprint density at radius 2 is 2.04 bits per heavy atom. The molecule has 0 aliphatic carbocycles. The molecule has 0 spiro atoms. The molecule has 0 saturated heterocycles. The van der Waals surface area contributed by atoms with Gasteiger partial charge in [0, 0.05) is 19.3 Å². The predicted molar refractivity (Wildman–Crippen MR) is 90.8 cm³/mol. The maximum atomic E-state index is 12.6. The summed E-state index contributed by atoms with van der Waals surface area (Å²) in [5.41, 5.74) is 0.920. The van der Waals surface area contributed by atoms with Crippen LogP contribution in [0.5, 0.6) is 0 Å². The van der Waals surface area contributed by atoms with E-state index in [4.69, 9.17) is 0 Å². The van der Waals surface area contributed by atoms with E-state index in [1.54, 1.807) is 42.2 Å². The summed E-state index contributed by atoms with van der Waals surface area (Å²) in [7, 11) is 1.68. The maximum Gasteiger partial charge on any atom is 0.272 e. The van der Waals surface area contributed by atoms with Crippen LogP contribution in [0.15, 0.2) is 41.3 Å². The Bertz CT molecular complexity index is 941. The molecule has 0 bridgehead atoms. The van der Waals surface area contributed by atoms with Gasteiger partial charge in [0.05, 0.1) is 17.4 Å². The third-order valence-electron chi connectivity index (χ3n) is 3.77. The van der Waals surface area contributed by atoms with Crippen molar-refractivity contribution in [1.29, 1.82) is 0 Å². The zero-order valence-corrected chi connectivity index (χ0v) is 13.9. The van der Waals surface area contributed by atoms with Crippen molar-refractivity contribution in [1.82, 2.24) is 24.6 Å². The zero-order valence-electron chi connectivity index (χ0n) is 13.9. The van der Waals surface area contributed by atoms with Crippen LogP contribution in [0, 0.1) is 0 Å². The first kappa shape index (κ1) is 15.9. The van der Waals surface area contributed by atoms with Gasteiger partial charge in [0.1, 0.15) is 11.5 Å². The summed E-state index contributed by atoms with van der Waals surface area (Å²) < 4.78 is 1.68. The molecule has 0 aliphatic rings. The SMILES string of the molecule is CC(C)n1nccc1C(=O)N(C)Cc1nc2ccccc2c(=O)[nH]1. The van der Waals surface area contributed by atoms with E-state index in [1.807, 2.05) is 19.9 Å². The first-order valence-electron chi connectivity index (χ1n) is 7.74. The molecule has 124 valence electrons. The lowest BCUT2D eigenvalue weighted by Gasteiger charge is -2.18. The molecule has 1 aromatic carbocycles. The van der Waals surface area contributed by atoms with Gasteiger partial charge in [0.15, 0.2) is 0 Å². The fraction of sp³-hybridized carbons (Fsp3) is 0.294. The van der Waals surface area contributed by atoms with Gasteiger partial charge in [-0.05, 0) is 32.0 Å². The van der Waals surface area contributed by atoms with Gasteiger partial charge in [-0.15, -0.1) is 0 Å². The summed E-state index contributed by atoms with van der Waals surface area (Å²) in [6.45, 7) is 4.14. The minimum absolute atomic E-state index is 0.0888. The predicted octanol–water partition coefficient (Wildman–Crippen LogP) is 1.97. The normalized spacial score (nSPS) is 11.2. The zero-order chi connectivity index (χ0) is 17.3. The van der Waals surface area contributed by atoms with Crippen LogP contribution >= 0.6 is 0 Å². The molecule has 3 aromatic rings. The lowest BCUT2D eigenvalue weighted by molar-refractivity contribution is 0.0767. The third-order valence-corrected chi connectivity index (χ3v) is 3.77. The smallest absolute Gasteiger partial charge is 0.272 e. The number of hydrogen-bond donors (Lipinski definition) is 1. The molecular formula is C17H19N5O2. The minimum atomic E-state index is -0.205. The van der Waals surface area contributed by atoms with Crippen molar-refractivity contribution in [2.75, 3.05) is 7.05 Å². The standard InChI is InChI=1S/C17H19N5O2/c1-11(2)22-14(8-9-18-22)17(24)21(3)10-15-19-13-7-5-4-6-12(13)16(23)20-15/h4-9,11H,10H2,1-3H3,(H,19,20,23). The molecule has 1 amide bonds. The Morgan fingerprint density at radius 1 is 1.29 bits per heavy atom. The number of amides is 1. The molecule has 0 fully saturated rings. The van der Waals surface area contributed by atoms with Crippen molar-refractivity contribution in [3.05, 3.63) is 58.4 Å². The van der Waals surface area contributed by atoms with Crippen LogP contribution in [0.25, 0.3) is 10.9 Å². The number of para-hydroxylation sites is 1. The van der Waals surface area contributed by atoms with Crippen molar-refractivity contribution in [2.45, 2.75) is 26.4 Å². The molecular weight excluding hydrogens is 306 g/mol. The Hall–Kier alpha value is -2.96. The summed E-state index contributed by atoms with van der Waals surface area (Å²) in [6.07, 6.45) is 1.61. The highest BCUT2D eigenvalue weighted by atomic mass is 16.2. The number of aromatic amines is 1. The topological polar surface area (TPSA) is 83.9 Å². The average Bonchev–Trinajstić information content (AvgIpc) is 3.04. The van der Waals surface area contributed by atoms with Gasteiger partial charge in [0.2, 0.25) is 0 Å². The van der Waals surface area contributed by atoms with Crippen LogP contribution in [0.3, 0.4) is 0 Å². The van der Waals surface area contributed by atoms with E-state index in [9.17, 15) is 9.59 Å². The van der Waals surface area contributed by atoms with Gasteiger partial charge >= 0.3 is 0 Å². The molecule has 2 aromatic heterocycles. The fourth-order valence-electron chi connectivity index (χ4n) is 2.60. The number of benzene rings is 1. The third kappa shape index (κ3) is 2.92. The van der Waals surface area contributed by atoms with Crippen LogP contribution in [-0.2, 0) is 6.54 Å². The van der Waals surface area contributed by atoms with E-state index >= 15 is 0 Å². The van der Waals surface area contributed by atoms with E-state index in [1.165, 1.54) is 4.90 Å². The lowest BCUT2D eigenvalue weighted by Crippen LogP contribution is -2.30. The number of carbonyl (C=O) groups excluding carboxylic acids is 1. The van der Waals surface area contributed by atoms with Gasteiger partial charge in [0.25, 0.3) is 11.5 Å². The highest BCUT2D eigenvalue weighted by Gasteiger charge is 2.19. The quantitative estimate of drug-likeness (QED) is 0.795. The maximum absolute atomic E-state index is 12.6. The summed E-state index contributed by atoms with van der Waals surface area (Å²) in [6, 6.07) is 8.90. The van der Waals surface area contributed by atoms with Gasteiger partial charge in [-0.2, -0.15) is 5.10 Å². The van der Waals surface area contributed by atoms with Crippen molar-refractivity contribution >= 4 is 16.8 Å². The van der Waals surface area contributed by atoms with E-state index < -0.39 is 0 Å². The Labute approximate surface area is 138 Å². The largest absolute Gasteiger partial charge is 0.333 e. The highest BCUT2D eigenvalue weighted by Crippen LogP contribution is 2.12. The molecule has 2 heterocycles. The van der Waals surface area contributed by atoms with Crippen LogP contribution in [-0.4, -0.2) is 37.6 Å². The van der Waals surface area contributed by atoms with Gasteiger partial charge < -0.3 is 9.88 Å². The molecule has 0 saturated carbocycles. The molecule has 0 radical (unpaired) electrons. The molecule has 0 aliphatic heterocycles. The van der Waals surface area contributed by atoms with E-state index in [-0.39, 0.29) is 24.1 Å². The second-order valence-electron chi connectivity index (χ2n) is 5.95. The summed E-state index contributed by atoms with van der Waals surface area (Å²) >= 11 is 0. The van der Waals surface area contributed by atoms with Crippen molar-refractivity contribution in [3.8, 4) is 0 Å². The second kappa shape index (κ2) is 6.27. The number of carbonyl (C=O) groups is 1. The van der Waals surface area contributed by atoms with E-state index in [0.717, 1.165) is 0 Å². The number of H-pyrrole nitrogens is 1. The summed E-state index contributed by atoms with van der Waals surface area (Å²) in [5.74, 6) is 0.280. The Balaban J connectivity index is 1.87. The number of aromatic nitrogens is 4. The molecule has 24 heavy (non-hydrogen) atoms. The monoisotopic (exact) mass is 325 g/mol. The molecule has 0 unspecified atom stereocenters.